The van der Waals surface area contributed by atoms with Crippen LogP contribution in [0.1, 0.15) is 18.9 Å². The molecule has 166 valence electrons. The maximum absolute atomic E-state index is 12.3. The molecule has 1 aliphatic heterocycles. The molecule has 1 saturated heterocycles. The molecule has 0 aliphatic carbocycles. The summed E-state index contributed by atoms with van der Waals surface area (Å²) < 4.78 is 4.73. The summed E-state index contributed by atoms with van der Waals surface area (Å²) in [7, 11) is 1.42. The van der Waals surface area contributed by atoms with E-state index in [0.717, 1.165) is 50.4 Å². The van der Waals surface area contributed by atoms with E-state index in [-0.39, 0.29) is 18.0 Å². The highest BCUT2D eigenvalue weighted by atomic mass is 16.5. The third-order valence-electron chi connectivity index (χ3n) is 5.53. The van der Waals surface area contributed by atoms with Gasteiger partial charge in [-0.15, -0.1) is 0 Å². The topological polar surface area (TPSA) is 73.9 Å². The highest BCUT2D eigenvalue weighted by molar-refractivity contribution is 5.89. The molecule has 2 aromatic carbocycles. The first-order valence-electron chi connectivity index (χ1n) is 10.8. The molecule has 1 aliphatic rings. The zero-order chi connectivity index (χ0) is 22.1. The molecule has 0 spiro atoms. The number of carbonyl (C=O) groups is 2. The summed E-state index contributed by atoms with van der Waals surface area (Å²) in [4.78, 5) is 28.1. The maximum atomic E-state index is 12.3. The predicted octanol–water partition coefficient (Wildman–Crippen LogP) is 3.12. The summed E-state index contributed by atoms with van der Waals surface area (Å²) >= 11 is 0. The van der Waals surface area contributed by atoms with Gasteiger partial charge in [0, 0.05) is 43.6 Å². The molecule has 2 aromatic rings. The molecule has 0 radical (unpaired) electrons. The Labute approximate surface area is 184 Å². The van der Waals surface area contributed by atoms with Crippen molar-refractivity contribution < 1.29 is 14.3 Å². The van der Waals surface area contributed by atoms with Crippen LogP contribution in [0.15, 0.2) is 54.6 Å². The fraction of sp³-hybridized carbons (Fsp3) is 0.417. The van der Waals surface area contributed by atoms with E-state index in [1.807, 2.05) is 49.4 Å². The van der Waals surface area contributed by atoms with Crippen LogP contribution in [0.25, 0.3) is 0 Å². The average molecular weight is 425 g/mol. The van der Waals surface area contributed by atoms with Gasteiger partial charge in [0.1, 0.15) is 0 Å². The number of urea groups is 1. The van der Waals surface area contributed by atoms with E-state index in [0.29, 0.717) is 6.54 Å². The number of carbonyl (C=O) groups excluding carboxylic acids is 2. The minimum Gasteiger partial charge on any atom is -0.468 e. The first kappa shape index (κ1) is 22.6. The molecule has 1 unspecified atom stereocenters. The van der Waals surface area contributed by atoms with Crippen molar-refractivity contribution in [2.45, 2.75) is 25.8 Å². The lowest BCUT2D eigenvalue weighted by atomic mass is 10.1. The van der Waals surface area contributed by atoms with Crippen molar-refractivity contribution in [3.05, 3.63) is 60.2 Å². The number of esters is 1. The Kier molecular flexibility index (Phi) is 8.29. The molecule has 0 aromatic heterocycles. The van der Waals surface area contributed by atoms with Crippen molar-refractivity contribution in [3.63, 3.8) is 0 Å². The number of methoxy groups -OCH3 is 1. The van der Waals surface area contributed by atoms with Crippen LogP contribution in [-0.2, 0) is 16.0 Å². The Morgan fingerprint density at radius 2 is 1.68 bits per heavy atom. The molecular formula is C24H32N4O3. The number of nitrogens with zero attached hydrogens (tertiary/aromatic N) is 2. The van der Waals surface area contributed by atoms with E-state index in [9.17, 15) is 9.59 Å². The van der Waals surface area contributed by atoms with Crippen LogP contribution in [0, 0.1) is 0 Å². The van der Waals surface area contributed by atoms with Crippen molar-refractivity contribution in [2.75, 3.05) is 50.1 Å². The van der Waals surface area contributed by atoms with Crippen molar-refractivity contribution in [2.24, 2.45) is 0 Å². The zero-order valence-corrected chi connectivity index (χ0v) is 18.3. The van der Waals surface area contributed by atoms with Crippen LogP contribution >= 0.6 is 0 Å². The predicted molar refractivity (Wildman–Crippen MR) is 123 cm³/mol. The van der Waals surface area contributed by atoms with E-state index < -0.39 is 0 Å². The fourth-order valence-electron chi connectivity index (χ4n) is 3.66. The molecule has 2 amide bonds. The molecule has 1 atom stereocenters. The monoisotopic (exact) mass is 424 g/mol. The van der Waals surface area contributed by atoms with Gasteiger partial charge in [-0.1, -0.05) is 30.3 Å². The van der Waals surface area contributed by atoms with E-state index in [2.05, 4.69) is 32.6 Å². The lowest BCUT2D eigenvalue weighted by molar-refractivity contribution is -0.142. The second kappa shape index (κ2) is 11.4. The molecule has 7 nitrogen and oxygen atoms in total. The van der Waals surface area contributed by atoms with Crippen LogP contribution in [0.5, 0.6) is 0 Å². The SMILES string of the molecule is COC(=O)CN1CCN(c2ccc(NC(=O)NC(C)CCc3ccccc3)cc2)CC1. The molecule has 1 heterocycles. The minimum absolute atomic E-state index is 0.0840. The molecule has 1 fully saturated rings. The van der Waals surface area contributed by atoms with Crippen LogP contribution < -0.4 is 15.5 Å². The molecule has 31 heavy (non-hydrogen) atoms. The smallest absolute Gasteiger partial charge is 0.319 e. The Hall–Kier alpha value is -3.06. The number of benzene rings is 2. The molecule has 2 N–H and O–H groups in total. The number of hydrogen-bond acceptors (Lipinski definition) is 5. The van der Waals surface area contributed by atoms with Gasteiger partial charge in [-0.2, -0.15) is 0 Å². The second-order valence-corrected chi connectivity index (χ2v) is 7.91. The molecule has 0 bridgehead atoms. The van der Waals surface area contributed by atoms with E-state index in [1.54, 1.807) is 0 Å². The van der Waals surface area contributed by atoms with Crippen LogP contribution in [-0.4, -0.2) is 62.8 Å². The standard InChI is InChI=1S/C24H32N4O3/c1-19(8-9-20-6-4-3-5-7-20)25-24(30)26-21-10-12-22(13-11-21)28-16-14-27(15-17-28)18-23(29)31-2/h3-7,10-13,19H,8-9,14-18H2,1-2H3,(H2,25,26,30). The van der Waals surface area contributed by atoms with E-state index in [4.69, 9.17) is 4.74 Å². The number of aryl methyl sites for hydroxylation is 1. The summed E-state index contributed by atoms with van der Waals surface area (Å²) in [6.07, 6.45) is 1.82. The van der Waals surface area contributed by atoms with E-state index >= 15 is 0 Å². The Morgan fingerprint density at radius 1 is 1.00 bits per heavy atom. The van der Waals surface area contributed by atoms with Crippen LogP contribution in [0.2, 0.25) is 0 Å². The second-order valence-electron chi connectivity index (χ2n) is 7.91. The Balaban J connectivity index is 1.40. The lowest BCUT2D eigenvalue weighted by Crippen LogP contribution is -2.48. The number of rotatable bonds is 8. The zero-order valence-electron chi connectivity index (χ0n) is 18.3. The van der Waals surface area contributed by atoms with Gasteiger partial charge in [0.15, 0.2) is 0 Å². The average Bonchev–Trinajstić information content (AvgIpc) is 2.79. The first-order valence-corrected chi connectivity index (χ1v) is 10.8. The number of amides is 2. The minimum atomic E-state index is -0.198. The summed E-state index contributed by atoms with van der Waals surface area (Å²) in [5.74, 6) is -0.198. The Bertz CT molecular complexity index is 834. The van der Waals surface area contributed by atoms with Gasteiger partial charge in [-0.05, 0) is 49.6 Å². The van der Waals surface area contributed by atoms with Crippen molar-refractivity contribution in [3.8, 4) is 0 Å². The number of piperazine rings is 1. The van der Waals surface area contributed by atoms with Gasteiger partial charge in [0.25, 0.3) is 0 Å². The van der Waals surface area contributed by atoms with Gasteiger partial charge in [-0.3, -0.25) is 9.69 Å². The van der Waals surface area contributed by atoms with Gasteiger partial charge in [-0.25, -0.2) is 4.79 Å². The van der Waals surface area contributed by atoms with Crippen molar-refractivity contribution >= 4 is 23.4 Å². The normalized spacial score (nSPS) is 15.2. The van der Waals surface area contributed by atoms with Gasteiger partial charge in [0.05, 0.1) is 13.7 Å². The molecule has 0 saturated carbocycles. The number of anilines is 2. The third kappa shape index (κ3) is 7.29. The van der Waals surface area contributed by atoms with Gasteiger partial charge in [0.2, 0.25) is 0 Å². The highest BCUT2D eigenvalue weighted by Gasteiger charge is 2.19. The molecule has 3 rings (SSSR count). The van der Waals surface area contributed by atoms with Crippen molar-refractivity contribution in [1.82, 2.24) is 10.2 Å². The largest absolute Gasteiger partial charge is 0.468 e. The quantitative estimate of drug-likeness (QED) is 0.637. The van der Waals surface area contributed by atoms with Crippen LogP contribution in [0.4, 0.5) is 16.2 Å². The maximum Gasteiger partial charge on any atom is 0.319 e. The summed E-state index contributed by atoms with van der Waals surface area (Å²) in [5, 5.41) is 5.91. The highest BCUT2D eigenvalue weighted by Crippen LogP contribution is 2.19. The van der Waals surface area contributed by atoms with Gasteiger partial charge < -0.3 is 20.3 Å². The third-order valence-corrected chi connectivity index (χ3v) is 5.53. The summed E-state index contributed by atoms with van der Waals surface area (Å²) in [5.41, 5.74) is 3.15. The Morgan fingerprint density at radius 3 is 2.32 bits per heavy atom. The lowest BCUT2D eigenvalue weighted by Gasteiger charge is -2.35. The van der Waals surface area contributed by atoms with Crippen molar-refractivity contribution in [1.29, 1.82) is 0 Å². The van der Waals surface area contributed by atoms with Gasteiger partial charge >= 0.3 is 12.0 Å². The fourth-order valence-corrected chi connectivity index (χ4v) is 3.66. The summed E-state index contributed by atoms with van der Waals surface area (Å²) in [6.45, 7) is 5.70. The number of hydrogen-bond donors (Lipinski definition) is 2. The molecule has 7 heteroatoms. The summed E-state index contributed by atoms with van der Waals surface area (Å²) in [6, 6.07) is 18.1. The van der Waals surface area contributed by atoms with E-state index in [1.165, 1.54) is 12.7 Å². The first-order chi connectivity index (χ1) is 15.0. The number of ether oxygens (including phenoxy) is 1. The number of nitrogens with one attached hydrogen (secondary N) is 2. The van der Waals surface area contributed by atoms with Crippen LogP contribution in [0.3, 0.4) is 0 Å². The molecular weight excluding hydrogens is 392 g/mol.